The highest BCUT2D eigenvalue weighted by Gasteiger charge is 2.39. The summed E-state index contributed by atoms with van der Waals surface area (Å²) in [6.07, 6.45) is -0.343. The molecule has 2 unspecified atom stereocenters. The van der Waals surface area contributed by atoms with Crippen LogP contribution in [0, 0.1) is 5.92 Å². The van der Waals surface area contributed by atoms with Crippen LogP contribution in [0.3, 0.4) is 0 Å². The molecule has 8 heteroatoms. The maximum atomic E-state index is 12.0. The number of hydrogen-bond donors (Lipinski definition) is 2. The number of ether oxygens (including phenoxy) is 2. The summed E-state index contributed by atoms with van der Waals surface area (Å²) in [6.45, 7) is 3.73. The molecule has 0 saturated carbocycles. The summed E-state index contributed by atoms with van der Waals surface area (Å²) < 4.78 is 10.1. The van der Waals surface area contributed by atoms with Crippen LogP contribution in [-0.4, -0.2) is 71.5 Å². The van der Waals surface area contributed by atoms with Gasteiger partial charge in [0.25, 0.3) is 6.47 Å². The van der Waals surface area contributed by atoms with Crippen LogP contribution < -0.4 is 0 Å². The van der Waals surface area contributed by atoms with Crippen LogP contribution >= 0.6 is 0 Å². The van der Waals surface area contributed by atoms with E-state index in [2.05, 4.69) is 0 Å². The second-order valence-electron chi connectivity index (χ2n) is 5.60. The van der Waals surface area contributed by atoms with Gasteiger partial charge in [0.05, 0.1) is 12.5 Å². The summed E-state index contributed by atoms with van der Waals surface area (Å²) in [5, 5.41) is 19.1. The van der Waals surface area contributed by atoms with Crippen molar-refractivity contribution < 1.29 is 34.1 Å². The van der Waals surface area contributed by atoms with E-state index in [9.17, 15) is 19.5 Å². The number of amides is 1. The molecule has 1 aliphatic heterocycles. The first-order valence-corrected chi connectivity index (χ1v) is 7.78. The molecule has 8 nitrogen and oxygen atoms in total. The lowest BCUT2D eigenvalue weighted by molar-refractivity contribution is -0.172. The van der Waals surface area contributed by atoms with Crippen molar-refractivity contribution in [3.63, 3.8) is 0 Å². The van der Waals surface area contributed by atoms with Crippen molar-refractivity contribution in [3.8, 4) is 0 Å². The van der Waals surface area contributed by atoms with Gasteiger partial charge in [0.15, 0.2) is 0 Å². The number of hydrogen-bond acceptors (Lipinski definition) is 7. The molecule has 0 bridgehead atoms. The molecular formula is C15H25NO7. The molecule has 0 aliphatic carbocycles. The van der Waals surface area contributed by atoms with Crippen molar-refractivity contribution in [1.82, 2.24) is 4.90 Å². The molecule has 2 N–H and O–H groups in total. The van der Waals surface area contributed by atoms with E-state index < -0.39 is 23.6 Å². The second-order valence-corrected chi connectivity index (χ2v) is 5.60. The van der Waals surface area contributed by atoms with Gasteiger partial charge in [-0.25, -0.2) is 0 Å². The van der Waals surface area contributed by atoms with E-state index in [4.69, 9.17) is 14.6 Å². The van der Waals surface area contributed by atoms with Crippen LogP contribution in [0.2, 0.25) is 0 Å². The Kier molecular flexibility index (Phi) is 7.44. The van der Waals surface area contributed by atoms with Gasteiger partial charge in [0.2, 0.25) is 5.91 Å². The summed E-state index contributed by atoms with van der Waals surface area (Å²) in [5.41, 5.74) is -1.09. The van der Waals surface area contributed by atoms with Crippen molar-refractivity contribution >= 4 is 18.3 Å². The summed E-state index contributed by atoms with van der Waals surface area (Å²) in [7, 11) is 0. The molecular weight excluding hydrogens is 306 g/mol. The smallest absolute Gasteiger partial charge is 0.311 e. The fraction of sp³-hybridized carbons (Fsp3) is 0.800. The lowest BCUT2D eigenvalue weighted by Crippen LogP contribution is -2.47. The molecule has 1 saturated heterocycles. The first kappa shape index (κ1) is 19.4. The molecule has 132 valence electrons. The van der Waals surface area contributed by atoms with Gasteiger partial charge in [0, 0.05) is 19.5 Å². The first-order chi connectivity index (χ1) is 10.9. The molecule has 23 heavy (non-hydrogen) atoms. The van der Waals surface area contributed by atoms with Gasteiger partial charge >= 0.3 is 5.97 Å². The Hall–Kier alpha value is -1.67. The highest BCUT2D eigenvalue weighted by atomic mass is 16.6. The zero-order valence-corrected chi connectivity index (χ0v) is 13.6. The van der Waals surface area contributed by atoms with Crippen molar-refractivity contribution in [2.45, 2.75) is 44.8 Å². The highest BCUT2D eigenvalue weighted by Crippen LogP contribution is 2.25. The van der Waals surface area contributed by atoms with Gasteiger partial charge in [-0.3, -0.25) is 14.4 Å². The zero-order chi connectivity index (χ0) is 17.5. The zero-order valence-electron chi connectivity index (χ0n) is 13.6. The Morgan fingerprint density at radius 1 is 1.48 bits per heavy atom. The minimum absolute atomic E-state index is 0.0342. The second kappa shape index (κ2) is 8.83. The number of esters is 1. The van der Waals surface area contributed by atoms with Crippen LogP contribution in [0.4, 0.5) is 0 Å². The predicted molar refractivity (Wildman–Crippen MR) is 79.2 cm³/mol. The molecule has 1 rings (SSSR count). The standard InChI is InChI=1S/C15H25NO7/c1-3-15(4-2,23-10-18)12(19)9-22-14(21)11-7-13(20)16(8-11)5-6-17/h10-12,17,19H,3-9H2,1-2H3. The number of β-amino-alcohol motifs (C(OH)–C–C–N with tert-alkyl or cyclic N) is 1. The molecule has 2 atom stereocenters. The Morgan fingerprint density at radius 3 is 2.65 bits per heavy atom. The van der Waals surface area contributed by atoms with Gasteiger partial charge in [-0.05, 0) is 12.8 Å². The number of nitrogens with zero attached hydrogens (tertiary/aromatic N) is 1. The fourth-order valence-electron chi connectivity index (χ4n) is 2.76. The summed E-state index contributed by atoms with van der Waals surface area (Å²) in [4.78, 5) is 35.7. The predicted octanol–water partition coefficient (Wildman–Crippen LogP) is -0.537. The number of likely N-dealkylation sites (tertiary alicyclic amines) is 1. The molecule has 1 fully saturated rings. The Balaban J connectivity index is 2.55. The van der Waals surface area contributed by atoms with E-state index in [1.807, 2.05) is 0 Å². The van der Waals surface area contributed by atoms with E-state index in [1.54, 1.807) is 13.8 Å². The van der Waals surface area contributed by atoms with E-state index in [1.165, 1.54) is 4.90 Å². The van der Waals surface area contributed by atoms with Crippen molar-refractivity contribution in [2.75, 3.05) is 26.3 Å². The van der Waals surface area contributed by atoms with Gasteiger partial charge in [-0.1, -0.05) is 13.8 Å². The molecule has 0 aromatic rings. The van der Waals surface area contributed by atoms with E-state index in [0.717, 1.165) is 0 Å². The average Bonchev–Trinajstić information content (AvgIpc) is 2.91. The maximum absolute atomic E-state index is 12.0. The summed E-state index contributed by atoms with van der Waals surface area (Å²) in [5.74, 6) is -1.39. The van der Waals surface area contributed by atoms with E-state index in [-0.39, 0.29) is 45.1 Å². The van der Waals surface area contributed by atoms with Gasteiger partial charge in [-0.15, -0.1) is 0 Å². The van der Waals surface area contributed by atoms with Gasteiger partial charge in [-0.2, -0.15) is 0 Å². The largest absolute Gasteiger partial charge is 0.462 e. The molecule has 0 radical (unpaired) electrons. The minimum Gasteiger partial charge on any atom is -0.462 e. The summed E-state index contributed by atoms with van der Waals surface area (Å²) >= 11 is 0. The van der Waals surface area contributed by atoms with Crippen LogP contribution in [-0.2, 0) is 23.9 Å². The lowest BCUT2D eigenvalue weighted by atomic mass is 9.90. The van der Waals surface area contributed by atoms with Crippen LogP contribution in [0.5, 0.6) is 0 Å². The van der Waals surface area contributed by atoms with Crippen molar-refractivity contribution in [1.29, 1.82) is 0 Å². The van der Waals surface area contributed by atoms with Crippen LogP contribution in [0.25, 0.3) is 0 Å². The SMILES string of the molecule is CCC(CC)(OC=O)C(O)COC(=O)C1CC(=O)N(CCO)C1. The minimum atomic E-state index is -1.14. The van der Waals surface area contributed by atoms with Crippen molar-refractivity contribution in [2.24, 2.45) is 5.92 Å². The third-order valence-corrected chi connectivity index (χ3v) is 4.39. The summed E-state index contributed by atoms with van der Waals surface area (Å²) in [6, 6.07) is 0. The first-order valence-electron chi connectivity index (χ1n) is 7.78. The third kappa shape index (κ3) is 4.65. The maximum Gasteiger partial charge on any atom is 0.311 e. The normalized spacial score (nSPS) is 19.6. The van der Waals surface area contributed by atoms with Crippen molar-refractivity contribution in [3.05, 3.63) is 0 Å². The molecule has 1 heterocycles. The quantitative estimate of drug-likeness (QED) is 0.408. The molecule has 0 spiro atoms. The number of rotatable bonds is 10. The Bertz CT molecular complexity index is 422. The average molecular weight is 331 g/mol. The van der Waals surface area contributed by atoms with Crippen LogP contribution in [0.1, 0.15) is 33.1 Å². The third-order valence-electron chi connectivity index (χ3n) is 4.39. The Labute approximate surface area is 135 Å². The van der Waals surface area contributed by atoms with Crippen LogP contribution in [0.15, 0.2) is 0 Å². The van der Waals surface area contributed by atoms with E-state index in [0.29, 0.717) is 12.8 Å². The monoisotopic (exact) mass is 331 g/mol. The molecule has 0 aromatic carbocycles. The topological polar surface area (TPSA) is 113 Å². The fourth-order valence-corrected chi connectivity index (χ4v) is 2.76. The Morgan fingerprint density at radius 2 is 2.13 bits per heavy atom. The molecule has 1 amide bonds. The molecule has 0 aromatic heterocycles. The molecule has 1 aliphatic rings. The number of carbonyl (C=O) groups excluding carboxylic acids is 3. The van der Waals surface area contributed by atoms with Gasteiger partial charge in [0.1, 0.15) is 18.3 Å². The lowest BCUT2D eigenvalue weighted by Gasteiger charge is -2.34. The highest BCUT2D eigenvalue weighted by molar-refractivity contribution is 5.86. The van der Waals surface area contributed by atoms with E-state index >= 15 is 0 Å². The van der Waals surface area contributed by atoms with Gasteiger partial charge < -0.3 is 24.6 Å². The number of aliphatic hydroxyl groups is 2. The number of aliphatic hydroxyl groups excluding tert-OH is 2. The number of carbonyl (C=O) groups is 3.